The number of Topliss-reactive ketones (excluding diaryl/α,β-unsaturated/α-hetero) is 1. The standard InChI is InChI=1S/C10H20O3S/c1-10(2,3)8-9(11)6-5-7-14(4,12)13/h5-8H2,1-4H3. The van der Waals surface area contributed by atoms with Gasteiger partial charge in [-0.15, -0.1) is 0 Å². The van der Waals surface area contributed by atoms with E-state index in [4.69, 9.17) is 0 Å². The summed E-state index contributed by atoms with van der Waals surface area (Å²) < 4.78 is 21.6. The normalized spacial score (nSPS) is 12.9. The predicted octanol–water partition coefficient (Wildman–Crippen LogP) is 1.82. The molecule has 0 aliphatic carbocycles. The van der Waals surface area contributed by atoms with E-state index in [1.165, 1.54) is 6.26 Å². The fraction of sp³-hybridized carbons (Fsp3) is 0.900. The molecule has 4 heteroatoms. The van der Waals surface area contributed by atoms with Crippen LogP contribution in [0.25, 0.3) is 0 Å². The molecule has 0 spiro atoms. The summed E-state index contributed by atoms with van der Waals surface area (Å²) in [6.45, 7) is 6.00. The van der Waals surface area contributed by atoms with Crippen molar-refractivity contribution in [1.29, 1.82) is 0 Å². The highest BCUT2D eigenvalue weighted by Gasteiger charge is 2.15. The summed E-state index contributed by atoms with van der Waals surface area (Å²) in [4.78, 5) is 11.3. The molecule has 14 heavy (non-hydrogen) atoms. The number of sulfone groups is 1. The molecule has 0 radical (unpaired) electrons. The highest BCUT2D eigenvalue weighted by atomic mass is 32.2. The second kappa shape index (κ2) is 4.91. The van der Waals surface area contributed by atoms with E-state index in [0.29, 0.717) is 19.3 Å². The van der Waals surface area contributed by atoms with Gasteiger partial charge in [-0.1, -0.05) is 20.8 Å². The van der Waals surface area contributed by atoms with Crippen LogP contribution in [0.4, 0.5) is 0 Å². The second-order valence-electron chi connectivity index (χ2n) is 5.01. The molecule has 0 saturated heterocycles. The molecular formula is C10H20O3S. The monoisotopic (exact) mass is 220 g/mol. The Labute approximate surface area is 86.8 Å². The van der Waals surface area contributed by atoms with E-state index in [-0.39, 0.29) is 17.0 Å². The van der Waals surface area contributed by atoms with Crippen LogP contribution in [-0.4, -0.2) is 26.2 Å². The smallest absolute Gasteiger partial charge is 0.147 e. The lowest BCUT2D eigenvalue weighted by molar-refractivity contribution is -0.120. The van der Waals surface area contributed by atoms with Gasteiger partial charge in [0.25, 0.3) is 0 Å². The second-order valence-corrected chi connectivity index (χ2v) is 7.27. The molecule has 0 aromatic heterocycles. The molecular weight excluding hydrogens is 200 g/mol. The average molecular weight is 220 g/mol. The van der Waals surface area contributed by atoms with Crippen LogP contribution in [0.1, 0.15) is 40.0 Å². The van der Waals surface area contributed by atoms with Gasteiger partial charge >= 0.3 is 0 Å². The Balaban J connectivity index is 3.77. The van der Waals surface area contributed by atoms with Crippen LogP contribution in [0.2, 0.25) is 0 Å². The molecule has 0 unspecified atom stereocenters. The van der Waals surface area contributed by atoms with E-state index >= 15 is 0 Å². The van der Waals surface area contributed by atoms with E-state index in [0.717, 1.165) is 0 Å². The van der Waals surface area contributed by atoms with Gasteiger partial charge < -0.3 is 0 Å². The van der Waals surface area contributed by atoms with Crippen LogP contribution in [0.3, 0.4) is 0 Å². The number of carbonyl (C=O) groups is 1. The van der Waals surface area contributed by atoms with Gasteiger partial charge in [0.1, 0.15) is 15.6 Å². The summed E-state index contributed by atoms with van der Waals surface area (Å²) in [6, 6.07) is 0. The molecule has 0 aliphatic heterocycles. The minimum Gasteiger partial charge on any atom is -0.300 e. The van der Waals surface area contributed by atoms with Crippen LogP contribution < -0.4 is 0 Å². The zero-order chi connectivity index (χ0) is 11.4. The molecule has 0 rings (SSSR count). The maximum Gasteiger partial charge on any atom is 0.147 e. The van der Waals surface area contributed by atoms with Crippen LogP contribution in [0, 0.1) is 5.41 Å². The van der Waals surface area contributed by atoms with Gasteiger partial charge in [-0.25, -0.2) is 8.42 Å². The Kier molecular flexibility index (Phi) is 4.78. The number of ketones is 1. The summed E-state index contributed by atoms with van der Waals surface area (Å²) in [5.41, 5.74) is 0.00216. The minimum absolute atomic E-state index is 0.00216. The summed E-state index contributed by atoms with van der Waals surface area (Å²) >= 11 is 0. The van der Waals surface area contributed by atoms with Crippen molar-refractivity contribution in [1.82, 2.24) is 0 Å². The topological polar surface area (TPSA) is 51.2 Å². The van der Waals surface area contributed by atoms with Crippen molar-refractivity contribution >= 4 is 15.6 Å². The van der Waals surface area contributed by atoms with Crippen molar-refractivity contribution in [3.8, 4) is 0 Å². The lowest BCUT2D eigenvalue weighted by atomic mass is 9.89. The minimum atomic E-state index is -2.92. The molecule has 0 saturated carbocycles. The van der Waals surface area contributed by atoms with Crippen molar-refractivity contribution in [2.75, 3.05) is 12.0 Å². The van der Waals surface area contributed by atoms with Gasteiger partial charge in [0, 0.05) is 19.1 Å². The van der Waals surface area contributed by atoms with Crippen molar-refractivity contribution in [3.05, 3.63) is 0 Å². The first-order valence-electron chi connectivity index (χ1n) is 4.80. The Hall–Kier alpha value is -0.380. The highest BCUT2D eigenvalue weighted by molar-refractivity contribution is 7.90. The van der Waals surface area contributed by atoms with Gasteiger partial charge in [-0.2, -0.15) is 0 Å². The van der Waals surface area contributed by atoms with Crippen LogP contribution >= 0.6 is 0 Å². The van der Waals surface area contributed by atoms with Crippen LogP contribution in [-0.2, 0) is 14.6 Å². The largest absolute Gasteiger partial charge is 0.300 e. The SMILES string of the molecule is CC(C)(C)CC(=O)CCCS(C)(=O)=O. The first-order valence-corrected chi connectivity index (χ1v) is 6.86. The number of hydrogen-bond acceptors (Lipinski definition) is 3. The highest BCUT2D eigenvalue weighted by Crippen LogP contribution is 2.19. The van der Waals surface area contributed by atoms with E-state index < -0.39 is 9.84 Å². The molecule has 0 aromatic rings. The number of hydrogen-bond donors (Lipinski definition) is 0. The molecule has 3 nitrogen and oxygen atoms in total. The fourth-order valence-corrected chi connectivity index (χ4v) is 1.88. The third-order valence-corrected chi connectivity index (χ3v) is 2.73. The first-order chi connectivity index (χ1) is 6.10. The van der Waals surface area contributed by atoms with Gasteiger partial charge in [-0.05, 0) is 11.8 Å². The molecule has 0 aromatic carbocycles. The lowest BCUT2D eigenvalue weighted by Gasteiger charge is -2.16. The van der Waals surface area contributed by atoms with E-state index in [2.05, 4.69) is 0 Å². The van der Waals surface area contributed by atoms with Crippen LogP contribution in [0.5, 0.6) is 0 Å². The molecule has 0 N–H and O–H groups in total. The first kappa shape index (κ1) is 13.6. The lowest BCUT2D eigenvalue weighted by Crippen LogP contribution is -2.14. The Morgan fingerprint density at radius 1 is 1.21 bits per heavy atom. The molecule has 0 fully saturated rings. The van der Waals surface area contributed by atoms with Gasteiger partial charge in [0.15, 0.2) is 0 Å². The molecule has 84 valence electrons. The Morgan fingerprint density at radius 3 is 2.07 bits per heavy atom. The summed E-state index contributed by atoms with van der Waals surface area (Å²) in [6.07, 6.45) is 2.55. The number of carbonyl (C=O) groups excluding carboxylic acids is 1. The molecule has 0 aliphatic rings. The maximum absolute atomic E-state index is 11.3. The molecule has 0 heterocycles. The summed E-state index contributed by atoms with van der Waals surface area (Å²) in [5, 5.41) is 0. The predicted molar refractivity (Wildman–Crippen MR) is 58.0 cm³/mol. The Morgan fingerprint density at radius 2 is 1.71 bits per heavy atom. The molecule has 0 atom stereocenters. The summed E-state index contributed by atoms with van der Waals surface area (Å²) in [5.74, 6) is 0.268. The van der Waals surface area contributed by atoms with Crippen LogP contribution in [0.15, 0.2) is 0 Å². The molecule has 0 bridgehead atoms. The van der Waals surface area contributed by atoms with Crippen molar-refractivity contribution in [2.24, 2.45) is 5.41 Å². The van der Waals surface area contributed by atoms with E-state index in [1.807, 2.05) is 20.8 Å². The Bertz CT molecular complexity index is 283. The van der Waals surface area contributed by atoms with Crippen molar-refractivity contribution in [2.45, 2.75) is 40.0 Å². The van der Waals surface area contributed by atoms with E-state index in [9.17, 15) is 13.2 Å². The van der Waals surface area contributed by atoms with Gasteiger partial charge in [0.05, 0.1) is 5.75 Å². The van der Waals surface area contributed by atoms with Crippen molar-refractivity contribution < 1.29 is 13.2 Å². The zero-order valence-corrected chi connectivity index (χ0v) is 10.3. The van der Waals surface area contributed by atoms with E-state index in [1.54, 1.807) is 0 Å². The zero-order valence-electron chi connectivity index (χ0n) is 9.46. The molecule has 0 amide bonds. The fourth-order valence-electron chi connectivity index (χ4n) is 1.21. The van der Waals surface area contributed by atoms with Crippen molar-refractivity contribution in [3.63, 3.8) is 0 Å². The third-order valence-electron chi connectivity index (χ3n) is 1.70. The average Bonchev–Trinajstić information content (AvgIpc) is 1.78. The van der Waals surface area contributed by atoms with Gasteiger partial charge in [-0.3, -0.25) is 4.79 Å². The van der Waals surface area contributed by atoms with Gasteiger partial charge in [0.2, 0.25) is 0 Å². The third kappa shape index (κ3) is 9.71. The summed E-state index contributed by atoms with van der Waals surface area (Å²) in [7, 11) is -2.92. The maximum atomic E-state index is 11.3. The number of rotatable bonds is 5. The quantitative estimate of drug-likeness (QED) is 0.710.